The molecule has 0 amide bonds. The Morgan fingerprint density at radius 1 is 1.44 bits per heavy atom. The topological polar surface area (TPSA) is 48.1 Å². The summed E-state index contributed by atoms with van der Waals surface area (Å²) >= 11 is 0. The van der Waals surface area contributed by atoms with E-state index in [2.05, 4.69) is 18.8 Å². The van der Waals surface area contributed by atoms with Crippen molar-refractivity contribution < 1.29 is 4.74 Å². The fourth-order valence-corrected chi connectivity index (χ4v) is 2.57. The number of nitrogens with two attached hydrogens (primary N) is 1. The lowest BCUT2D eigenvalue weighted by Gasteiger charge is -2.27. The summed E-state index contributed by atoms with van der Waals surface area (Å²) in [7, 11) is 0. The summed E-state index contributed by atoms with van der Waals surface area (Å²) in [6.07, 6.45) is 8.02. The second kappa shape index (κ2) is 6.19. The van der Waals surface area contributed by atoms with Gasteiger partial charge in [-0.1, -0.05) is 20.3 Å². The van der Waals surface area contributed by atoms with E-state index < -0.39 is 0 Å². The standard InChI is InChI=1S/C15H24N2O/c1-3-14(16)15-8-7-13(10-17-15)18-12-6-4-5-11(2)9-12/h7-8,10-12,14H,3-6,9,16H2,1-2H3. The number of hydrogen-bond acceptors (Lipinski definition) is 3. The first-order valence-corrected chi connectivity index (χ1v) is 7.07. The molecule has 2 rings (SSSR count). The highest BCUT2D eigenvalue weighted by molar-refractivity contribution is 5.21. The summed E-state index contributed by atoms with van der Waals surface area (Å²) in [5.74, 6) is 1.66. The Labute approximate surface area is 110 Å². The molecule has 0 saturated heterocycles. The highest BCUT2D eigenvalue weighted by atomic mass is 16.5. The Bertz CT molecular complexity index is 363. The van der Waals surface area contributed by atoms with Crippen LogP contribution in [0.5, 0.6) is 5.75 Å². The molecule has 100 valence electrons. The molecule has 2 N–H and O–H groups in total. The van der Waals surface area contributed by atoms with E-state index in [0.29, 0.717) is 6.10 Å². The van der Waals surface area contributed by atoms with E-state index >= 15 is 0 Å². The monoisotopic (exact) mass is 248 g/mol. The average molecular weight is 248 g/mol. The first-order valence-electron chi connectivity index (χ1n) is 7.07. The quantitative estimate of drug-likeness (QED) is 0.887. The maximum absolute atomic E-state index is 5.99. The molecular formula is C15H24N2O. The van der Waals surface area contributed by atoms with Crippen molar-refractivity contribution in [2.75, 3.05) is 0 Å². The van der Waals surface area contributed by atoms with Crippen molar-refractivity contribution in [2.45, 2.75) is 58.1 Å². The molecule has 1 aromatic rings. The molecule has 1 heterocycles. The molecule has 0 radical (unpaired) electrons. The molecule has 1 aliphatic carbocycles. The van der Waals surface area contributed by atoms with Crippen molar-refractivity contribution in [3.05, 3.63) is 24.0 Å². The third-order valence-electron chi connectivity index (χ3n) is 3.77. The highest BCUT2D eigenvalue weighted by Gasteiger charge is 2.20. The van der Waals surface area contributed by atoms with E-state index in [0.717, 1.165) is 30.2 Å². The van der Waals surface area contributed by atoms with E-state index in [9.17, 15) is 0 Å². The van der Waals surface area contributed by atoms with Crippen LogP contribution in [0.3, 0.4) is 0 Å². The van der Waals surface area contributed by atoms with Gasteiger partial charge < -0.3 is 10.5 Å². The molecule has 1 aliphatic rings. The minimum absolute atomic E-state index is 0.0359. The summed E-state index contributed by atoms with van der Waals surface area (Å²) in [5, 5.41) is 0. The fraction of sp³-hybridized carbons (Fsp3) is 0.667. The molecule has 0 spiro atoms. The number of nitrogens with zero attached hydrogens (tertiary/aromatic N) is 1. The zero-order chi connectivity index (χ0) is 13.0. The van der Waals surface area contributed by atoms with Crippen LogP contribution in [0.2, 0.25) is 0 Å². The predicted molar refractivity (Wildman–Crippen MR) is 73.5 cm³/mol. The van der Waals surface area contributed by atoms with E-state index in [1.54, 1.807) is 0 Å². The third kappa shape index (κ3) is 3.45. The SMILES string of the molecule is CCC(N)c1ccc(OC2CCCC(C)C2)cn1. The van der Waals surface area contributed by atoms with Gasteiger partial charge >= 0.3 is 0 Å². The van der Waals surface area contributed by atoms with Crippen molar-refractivity contribution in [3.8, 4) is 5.75 Å². The number of ether oxygens (including phenoxy) is 1. The van der Waals surface area contributed by atoms with Gasteiger partial charge in [-0.05, 0) is 43.7 Å². The van der Waals surface area contributed by atoms with Crippen molar-refractivity contribution in [3.63, 3.8) is 0 Å². The average Bonchev–Trinajstić information content (AvgIpc) is 2.39. The molecule has 18 heavy (non-hydrogen) atoms. The molecule has 3 heteroatoms. The molecule has 0 bridgehead atoms. The maximum atomic E-state index is 5.99. The number of rotatable bonds is 4. The van der Waals surface area contributed by atoms with Crippen LogP contribution in [0.25, 0.3) is 0 Å². The van der Waals surface area contributed by atoms with Crippen LogP contribution in [-0.2, 0) is 0 Å². The van der Waals surface area contributed by atoms with Crippen LogP contribution in [0, 0.1) is 5.92 Å². The van der Waals surface area contributed by atoms with E-state index in [1.807, 2.05) is 18.3 Å². The zero-order valence-corrected chi connectivity index (χ0v) is 11.4. The maximum Gasteiger partial charge on any atom is 0.138 e. The molecule has 3 atom stereocenters. The number of hydrogen-bond donors (Lipinski definition) is 1. The third-order valence-corrected chi connectivity index (χ3v) is 3.77. The minimum Gasteiger partial charge on any atom is -0.489 e. The first-order chi connectivity index (χ1) is 8.69. The number of pyridine rings is 1. The van der Waals surface area contributed by atoms with Crippen LogP contribution in [0.1, 0.15) is 57.7 Å². The first kappa shape index (κ1) is 13.3. The van der Waals surface area contributed by atoms with E-state index in [-0.39, 0.29) is 6.04 Å². The van der Waals surface area contributed by atoms with Gasteiger partial charge in [0.1, 0.15) is 5.75 Å². The minimum atomic E-state index is 0.0359. The van der Waals surface area contributed by atoms with Crippen molar-refractivity contribution in [2.24, 2.45) is 11.7 Å². The van der Waals surface area contributed by atoms with Crippen molar-refractivity contribution in [1.29, 1.82) is 0 Å². The van der Waals surface area contributed by atoms with E-state index in [1.165, 1.54) is 19.3 Å². The molecule has 1 fully saturated rings. The Morgan fingerprint density at radius 3 is 2.89 bits per heavy atom. The lowest BCUT2D eigenvalue weighted by molar-refractivity contribution is 0.128. The lowest BCUT2D eigenvalue weighted by Crippen LogP contribution is -2.24. The van der Waals surface area contributed by atoms with Gasteiger partial charge in [-0.25, -0.2) is 0 Å². The summed E-state index contributed by atoms with van der Waals surface area (Å²) in [6.45, 7) is 4.37. The summed E-state index contributed by atoms with van der Waals surface area (Å²) < 4.78 is 5.99. The Morgan fingerprint density at radius 2 is 2.28 bits per heavy atom. The van der Waals surface area contributed by atoms with Crippen molar-refractivity contribution in [1.82, 2.24) is 4.98 Å². The molecule has 1 aromatic heterocycles. The molecule has 1 saturated carbocycles. The van der Waals surface area contributed by atoms with Crippen LogP contribution in [0.15, 0.2) is 18.3 Å². The van der Waals surface area contributed by atoms with Gasteiger partial charge in [-0.2, -0.15) is 0 Å². The zero-order valence-electron chi connectivity index (χ0n) is 11.4. The van der Waals surface area contributed by atoms with E-state index in [4.69, 9.17) is 10.5 Å². The van der Waals surface area contributed by atoms with Gasteiger partial charge in [0, 0.05) is 6.04 Å². The van der Waals surface area contributed by atoms with Crippen LogP contribution in [0.4, 0.5) is 0 Å². The number of aromatic nitrogens is 1. The van der Waals surface area contributed by atoms with Gasteiger partial charge in [0.15, 0.2) is 0 Å². The highest BCUT2D eigenvalue weighted by Crippen LogP contribution is 2.27. The van der Waals surface area contributed by atoms with Crippen molar-refractivity contribution >= 4 is 0 Å². The summed E-state index contributed by atoms with van der Waals surface area (Å²) in [6, 6.07) is 4.01. The second-order valence-corrected chi connectivity index (χ2v) is 5.45. The van der Waals surface area contributed by atoms with Gasteiger partial charge in [-0.3, -0.25) is 4.98 Å². The summed E-state index contributed by atoms with van der Waals surface area (Å²) in [5.41, 5.74) is 6.89. The Balaban J connectivity index is 1.93. The normalized spacial score (nSPS) is 25.7. The molecule has 3 nitrogen and oxygen atoms in total. The molecule has 0 aromatic carbocycles. The van der Waals surface area contributed by atoms with Gasteiger partial charge in [-0.15, -0.1) is 0 Å². The molecule has 0 aliphatic heterocycles. The Kier molecular flexibility index (Phi) is 4.59. The lowest BCUT2D eigenvalue weighted by atomic mass is 9.89. The largest absolute Gasteiger partial charge is 0.489 e. The van der Waals surface area contributed by atoms with Crippen LogP contribution < -0.4 is 10.5 Å². The van der Waals surface area contributed by atoms with Crippen LogP contribution in [-0.4, -0.2) is 11.1 Å². The van der Waals surface area contributed by atoms with Gasteiger partial charge in [0.25, 0.3) is 0 Å². The van der Waals surface area contributed by atoms with Gasteiger partial charge in [0.2, 0.25) is 0 Å². The fourth-order valence-electron chi connectivity index (χ4n) is 2.57. The second-order valence-electron chi connectivity index (χ2n) is 5.45. The van der Waals surface area contributed by atoms with Crippen LogP contribution >= 0.6 is 0 Å². The molecular weight excluding hydrogens is 224 g/mol. The van der Waals surface area contributed by atoms with Gasteiger partial charge in [0.05, 0.1) is 18.0 Å². The summed E-state index contributed by atoms with van der Waals surface area (Å²) in [4.78, 5) is 4.38. The smallest absolute Gasteiger partial charge is 0.138 e. The predicted octanol–water partition coefficient (Wildman–Crippen LogP) is 3.45. The Hall–Kier alpha value is -1.09. The molecule has 3 unspecified atom stereocenters.